The number of halogens is 1. The minimum atomic E-state index is -0.337. The van der Waals surface area contributed by atoms with Gasteiger partial charge in [0.15, 0.2) is 0 Å². The number of aromatic nitrogens is 1. The number of carbonyl (C=O) groups excluding carboxylic acids is 2. The van der Waals surface area contributed by atoms with Crippen molar-refractivity contribution in [2.24, 2.45) is 0 Å². The Morgan fingerprint density at radius 1 is 1.27 bits per heavy atom. The molecule has 0 unspecified atom stereocenters. The summed E-state index contributed by atoms with van der Waals surface area (Å²) in [6, 6.07) is 8.69. The number of benzene rings is 1. The van der Waals surface area contributed by atoms with Crippen molar-refractivity contribution in [3.05, 3.63) is 52.7 Å². The van der Waals surface area contributed by atoms with Crippen LogP contribution in [0.25, 0.3) is 11.3 Å². The van der Waals surface area contributed by atoms with E-state index < -0.39 is 0 Å². The third kappa shape index (κ3) is 3.83. The summed E-state index contributed by atoms with van der Waals surface area (Å²) in [4.78, 5) is 26.8. The Morgan fingerprint density at radius 3 is 2.68 bits per heavy atom. The molecule has 6 heteroatoms. The van der Waals surface area contributed by atoms with Gasteiger partial charge in [-0.15, -0.1) is 0 Å². The maximum absolute atomic E-state index is 11.6. The van der Waals surface area contributed by atoms with Gasteiger partial charge in [-0.2, -0.15) is 0 Å². The molecule has 0 radical (unpaired) electrons. The fraction of sp³-hybridized carbons (Fsp3) is 0.188. The molecule has 1 heterocycles. The summed E-state index contributed by atoms with van der Waals surface area (Å²) in [5.74, 6) is -0.579. The van der Waals surface area contributed by atoms with Gasteiger partial charge in [-0.25, -0.2) is 0 Å². The highest BCUT2D eigenvalue weighted by molar-refractivity contribution is 6.34. The zero-order valence-corrected chi connectivity index (χ0v) is 13.0. The Kier molecular flexibility index (Phi) is 5.12. The van der Waals surface area contributed by atoms with Crippen LogP contribution >= 0.6 is 11.6 Å². The lowest BCUT2D eigenvalue weighted by molar-refractivity contribution is -0.142. The van der Waals surface area contributed by atoms with Gasteiger partial charge >= 0.3 is 5.97 Å². The fourth-order valence-electron chi connectivity index (χ4n) is 1.90. The van der Waals surface area contributed by atoms with Gasteiger partial charge in [-0.1, -0.05) is 17.7 Å². The molecule has 1 amide bonds. The van der Waals surface area contributed by atoms with E-state index in [4.69, 9.17) is 16.3 Å². The highest BCUT2D eigenvalue weighted by atomic mass is 35.5. The second-order valence-electron chi connectivity index (χ2n) is 4.60. The number of carbonyl (C=O) groups is 2. The molecule has 1 aromatic heterocycles. The number of pyridine rings is 1. The number of ether oxygens (including phenoxy) is 1. The molecular formula is C16H15ClN2O3. The molecule has 0 fully saturated rings. The van der Waals surface area contributed by atoms with Crippen LogP contribution in [-0.2, 0) is 16.1 Å². The van der Waals surface area contributed by atoms with Crippen LogP contribution in [0.4, 0.5) is 0 Å². The van der Waals surface area contributed by atoms with Gasteiger partial charge in [0.2, 0.25) is 0 Å². The summed E-state index contributed by atoms with van der Waals surface area (Å²) in [5.41, 5.74) is 2.70. The summed E-state index contributed by atoms with van der Waals surface area (Å²) >= 11 is 6.14. The molecule has 1 aromatic carbocycles. The molecule has 5 nitrogen and oxygen atoms in total. The van der Waals surface area contributed by atoms with Crippen molar-refractivity contribution in [3.63, 3.8) is 0 Å². The summed E-state index contributed by atoms with van der Waals surface area (Å²) in [7, 11) is 1.55. The first-order valence-corrected chi connectivity index (χ1v) is 6.99. The van der Waals surface area contributed by atoms with E-state index >= 15 is 0 Å². The van der Waals surface area contributed by atoms with Crippen LogP contribution < -0.4 is 5.32 Å². The molecular weight excluding hydrogens is 304 g/mol. The van der Waals surface area contributed by atoms with Crippen molar-refractivity contribution < 1.29 is 14.3 Å². The number of hydrogen-bond acceptors (Lipinski definition) is 4. The van der Waals surface area contributed by atoms with Gasteiger partial charge in [0.05, 0.1) is 16.3 Å². The predicted molar refractivity (Wildman–Crippen MR) is 83.5 cm³/mol. The minimum Gasteiger partial charge on any atom is -0.461 e. The zero-order chi connectivity index (χ0) is 16.1. The van der Waals surface area contributed by atoms with Gasteiger partial charge in [0, 0.05) is 25.7 Å². The number of nitrogens with zero attached hydrogens (tertiary/aromatic N) is 1. The Hall–Kier alpha value is -2.40. The second kappa shape index (κ2) is 7.04. The number of esters is 1. The monoisotopic (exact) mass is 318 g/mol. The standard InChI is InChI=1S/C16H15ClN2O3/c1-10(20)22-9-11-5-6-19-15(7-11)12-3-4-13(14(17)8-12)16(21)18-2/h3-8H,9H2,1-2H3,(H,18,21). The van der Waals surface area contributed by atoms with E-state index in [1.54, 1.807) is 37.5 Å². The smallest absolute Gasteiger partial charge is 0.302 e. The van der Waals surface area contributed by atoms with Gasteiger partial charge < -0.3 is 10.1 Å². The van der Waals surface area contributed by atoms with Crippen LogP contribution in [-0.4, -0.2) is 23.9 Å². The number of rotatable bonds is 4. The quantitative estimate of drug-likeness (QED) is 0.880. The molecule has 0 saturated heterocycles. The third-order valence-corrected chi connectivity index (χ3v) is 3.32. The molecule has 114 valence electrons. The summed E-state index contributed by atoms with van der Waals surface area (Å²) in [6.45, 7) is 1.55. The lowest BCUT2D eigenvalue weighted by Crippen LogP contribution is -2.18. The topological polar surface area (TPSA) is 68.3 Å². The van der Waals surface area contributed by atoms with E-state index in [0.29, 0.717) is 16.3 Å². The average Bonchev–Trinajstić information content (AvgIpc) is 2.52. The summed E-state index contributed by atoms with van der Waals surface area (Å²) < 4.78 is 4.96. The molecule has 0 atom stereocenters. The van der Waals surface area contributed by atoms with Crippen molar-refractivity contribution >= 4 is 23.5 Å². The van der Waals surface area contributed by atoms with Crippen molar-refractivity contribution in [3.8, 4) is 11.3 Å². The normalized spacial score (nSPS) is 10.1. The predicted octanol–water partition coefficient (Wildman–Crippen LogP) is 2.82. The Balaban J connectivity index is 2.28. The molecule has 0 aliphatic rings. The van der Waals surface area contributed by atoms with Crippen molar-refractivity contribution in [1.82, 2.24) is 10.3 Å². The van der Waals surface area contributed by atoms with E-state index in [-0.39, 0.29) is 18.5 Å². The highest BCUT2D eigenvalue weighted by Crippen LogP contribution is 2.25. The molecule has 2 rings (SSSR count). The van der Waals surface area contributed by atoms with E-state index in [0.717, 1.165) is 11.1 Å². The van der Waals surface area contributed by atoms with Crippen LogP contribution in [0.3, 0.4) is 0 Å². The van der Waals surface area contributed by atoms with Gasteiger partial charge in [-0.3, -0.25) is 14.6 Å². The van der Waals surface area contributed by atoms with Crippen LogP contribution in [0, 0.1) is 0 Å². The average molecular weight is 319 g/mol. The Bertz CT molecular complexity index is 716. The van der Waals surface area contributed by atoms with Gasteiger partial charge in [0.25, 0.3) is 5.91 Å². The molecule has 0 bridgehead atoms. The molecule has 0 aliphatic carbocycles. The first-order valence-electron chi connectivity index (χ1n) is 6.61. The first-order chi connectivity index (χ1) is 10.5. The van der Waals surface area contributed by atoms with Crippen LogP contribution in [0.1, 0.15) is 22.8 Å². The van der Waals surface area contributed by atoms with E-state index in [2.05, 4.69) is 10.3 Å². The molecule has 1 N–H and O–H groups in total. The van der Waals surface area contributed by atoms with Gasteiger partial charge in [0.1, 0.15) is 6.61 Å². The van der Waals surface area contributed by atoms with Crippen LogP contribution in [0.15, 0.2) is 36.5 Å². The maximum Gasteiger partial charge on any atom is 0.302 e. The summed E-state index contributed by atoms with van der Waals surface area (Å²) in [5, 5.41) is 2.88. The Labute approximate surface area is 133 Å². The third-order valence-electron chi connectivity index (χ3n) is 3.00. The SMILES string of the molecule is CNC(=O)c1ccc(-c2cc(COC(C)=O)ccn2)cc1Cl. The maximum atomic E-state index is 11.6. The second-order valence-corrected chi connectivity index (χ2v) is 5.01. The molecule has 0 spiro atoms. The van der Waals surface area contributed by atoms with Crippen molar-refractivity contribution in [1.29, 1.82) is 0 Å². The highest BCUT2D eigenvalue weighted by Gasteiger charge is 2.10. The van der Waals surface area contributed by atoms with Crippen molar-refractivity contribution in [2.75, 3.05) is 7.05 Å². The van der Waals surface area contributed by atoms with E-state index in [1.165, 1.54) is 6.92 Å². The van der Waals surface area contributed by atoms with Crippen LogP contribution in [0.2, 0.25) is 5.02 Å². The minimum absolute atomic E-state index is 0.189. The first kappa shape index (κ1) is 16.0. The number of amides is 1. The summed E-state index contributed by atoms with van der Waals surface area (Å²) in [6.07, 6.45) is 1.63. The lowest BCUT2D eigenvalue weighted by Gasteiger charge is -2.08. The van der Waals surface area contributed by atoms with Crippen molar-refractivity contribution in [2.45, 2.75) is 13.5 Å². The number of nitrogens with one attached hydrogen (secondary N) is 1. The van der Waals surface area contributed by atoms with Gasteiger partial charge in [-0.05, 0) is 29.8 Å². The van der Waals surface area contributed by atoms with Crippen LogP contribution in [0.5, 0.6) is 0 Å². The van der Waals surface area contributed by atoms with E-state index in [9.17, 15) is 9.59 Å². The fourth-order valence-corrected chi connectivity index (χ4v) is 2.17. The largest absolute Gasteiger partial charge is 0.461 e. The molecule has 0 aliphatic heterocycles. The molecule has 0 saturated carbocycles. The molecule has 22 heavy (non-hydrogen) atoms. The zero-order valence-electron chi connectivity index (χ0n) is 12.2. The Morgan fingerprint density at radius 2 is 2.05 bits per heavy atom. The van der Waals surface area contributed by atoms with E-state index in [1.807, 2.05) is 6.07 Å². The lowest BCUT2D eigenvalue weighted by atomic mass is 10.1. The number of hydrogen-bond donors (Lipinski definition) is 1. The molecule has 2 aromatic rings.